The summed E-state index contributed by atoms with van der Waals surface area (Å²) in [6, 6.07) is 4.63. The minimum Gasteiger partial charge on any atom is -0.338 e. The highest BCUT2D eigenvalue weighted by molar-refractivity contribution is 7.89. The molecule has 1 fully saturated rings. The second-order valence-electron chi connectivity index (χ2n) is 6.60. The molecule has 1 aromatic carbocycles. The van der Waals surface area contributed by atoms with Crippen molar-refractivity contribution in [3.8, 4) is 0 Å². The van der Waals surface area contributed by atoms with Crippen molar-refractivity contribution in [2.24, 2.45) is 0 Å². The van der Waals surface area contributed by atoms with E-state index in [1.54, 1.807) is 11.0 Å². The molecular weight excluding hydrogens is 409 g/mol. The van der Waals surface area contributed by atoms with E-state index in [9.17, 15) is 13.2 Å². The second kappa shape index (κ2) is 9.39. The summed E-state index contributed by atoms with van der Waals surface area (Å²) in [5.41, 5.74) is 0.928. The Morgan fingerprint density at radius 1 is 1.19 bits per heavy atom. The molecule has 0 aliphatic carbocycles. The van der Waals surface area contributed by atoms with Crippen molar-refractivity contribution in [2.75, 3.05) is 45.8 Å². The molecule has 2 rings (SSSR count). The first kappa shape index (κ1) is 22.2. The van der Waals surface area contributed by atoms with E-state index in [1.165, 1.54) is 16.4 Å². The summed E-state index contributed by atoms with van der Waals surface area (Å²) in [7, 11) is -3.78. The number of rotatable bonds is 7. The van der Waals surface area contributed by atoms with Gasteiger partial charge in [0.05, 0.1) is 16.6 Å². The molecule has 0 saturated carbocycles. The van der Waals surface area contributed by atoms with Crippen LogP contribution in [0.4, 0.5) is 0 Å². The third-order valence-corrected chi connectivity index (χ3v) is 7.26. The highest BCUT2D eigenvalue weighted by Gasteiger charge is 2.32. The van der Waals surface area contributed by atoms with E-state index in [-0.39, 0.29) is 40.5 Å². The number of sulfonamides is 1. The molecule has 1 aliphatic rings. The van der Waals surface area contributed by atoms with Crippen LogP contribution >= 0.6 is 23.2 Å². The summed E-state index contributed by atoms with van der Waals surface area (Å²) in [6.07, 6.45) is 0. The standard InChI is InChI=1S/C18H25Cl2N3O3S/c1-4-22(12-14(2)3)17(24)13-21-8-10-23(11-9-21)27(25,26)18-15(19)6-5-7-16(18)20/h5-7H,2,4,8-13H2,1,3H3. The van der Waals surface area contributed by atoms with Crippen molar-refractivity contribution in [3.05, 3.63) is 40.4 Å². The van der Waals surface area contributed by atoms with E-state index in [4.69, 9.17) is 23.2 Å². The Labute approximate surface area is 171 Å². The molecule has 0 aromatic heterocycles. The van der Waals surface area contributed by atoms with Gasteiger partial charge in [-0.3, -0.25) is 9.69 Å². The normalized spacial score (nSPS) is 16.3. The van der Waals surface area contributed by atoms with Gasteiger partial charge in [-0.1, -0.05) is 41.4 Å². The molecule has 1 aromatic rings. The Hall–Kier alpha value is -1.12. The molecule has 1 heterocycles. The predicted octanol–water partition coefficient (Wildman–Crippen LogP) is 2.72. The van der Waals surface area contributed by atoms with Gasteiger partial charge in [0, 0.05) is 39.3 Å². The molecule has 1 saturated heterocycles. The number of likely N-dealkylation sites (N-methyl/N-ethyl adjacent to an activating group) is 1. The number of hydrogen-bond acceptors (Lipinski definition) is 4. The Balaban J connectivity index is 2.01. The lowest BCUT2D eigenvalue weighted by molar-refractivity contribution is -0.132. The Morgan fingerprint density at radius 2 is 1.74 bits per heavy atom. The van der Waals surface area contributed by atoms with Crippen LogP contribution in [-0.4, -0.2) is 74.2 Å². The average Bonchev–Trinajstić information content (AvgIpc) is 2.59. The molecule has 0 atom stereocenters. The summed E-state index contributed by atoms with van der Waals surface area (Å²) in [5, 5.41) is 0.219. The lowest BCUT2D eigenvalue weighted by Crippen LogP contribution is -2.51. The minimum absolute atomic E-state index is 0.0194. The van der Waals surface area contributed by atoms with Crippen LogP contribution in [-0.2, 0) is 14.8 Å². The van der Waals surface area contributed by atoms with Crippen LogP contribution in [0.25, 0.3) is 0 Å². The van der Waals surface area contributed by atoms with Crippen molar-refractivity contribution in [2.45, 2.75) is 18.7 Å². The molecule has 6 nitrogen and oxygen atoms in total. The van der Waals surface area contributed by atoms with Gasteiger partial charge in [-0.25, -0.2) is 8.42 Å². The van der Waals surface area contributed by atoms with Gasteiger partial charge < -0.3 is 4.90 Å². The molecule has 1 amide bonds. The number of nitrogens with zero attached hydrogens (tertiary/aromatic N) is 3. The highest BCUT2D eigenvalue weighted by Crippen LogP contribution is 2.31. The molecule has 0 spiro atoms. The number of hydrogen-bond donors (Lipinski definition) is 0. The Kier molecular flexibility index (Phi) is 7.71. The number of benzene rings is 1. The third kappa shape index (κ3) is 5.45. The maximum Gasteiger partial charge on any atom is 0.246 e. The summed E-state index contributed by atoms with van der Waals surface area (Å²) in [4.78, 5) is 16.1. The van der Waals surface area contributed by atoms with Crippen molar-refractivity contribution >= 4 is 39.1 Å². The Morgan fingerprint density at radius 3 is 2.22 bits per heavy atom. The first-order valence-electron chi connectivity index (χ1n) is 8.75. The third-order valence-electron chi connectivity index (χ3n) is 4.40. The van der Waals surface area contributed by atoms with Gasteiger partial charge in [0.1, 0.15) is 4.90 Å². The quantitative estimate of drug-likeness (QED) is 0.620. The molecule has 0 radical (unpaired) electrons. The smallest absolute Gasteiger partial charge is 0.246 e. The van der Waals surface area contributed by atoms with Crippen molar-refractivity contribution < 1.29 is 13.2 Å². The fourth-order valence-corrected chi connectivity index (χ4v) is 5.49. The summed E-state index contributed by atoms with van der Waals surface area (Å²) in [6.45, 7) is 10.6. The zero-order valence-electron chi connectivity index (χ0n) is 15.6. The molecule has 9 heteroatoms. The van der Waals surface area contributed by atoms with E-state index in [2.05, 4.69) is 6.58 Å². The van der Waals surface area contributed by atoms with Gasteiger partial charge in [0.2, 0.25) is 15.9 Å². The highest BCUT2D eigenvalue weighted by atomic mass is 35.5. The second-order valence-corrected chi connectivity index (χ2v) is 9.29. The number of piperazine rings is 1. The molecule has 1 aliphatic heterocycles. The first-order valence-corrected chi connectivity index (χ1v) is 10.9. The summed E-state index contributed by atoms with van der Waals surface area (Å²) < 4.78 is 27.1. The first-order chi connectivity index (χ1) is 12.7. The summed E-state index contributed by atoms with van der Waals surface area (Å²) >= 11 is 12.1. The number of carbonyl (C=O) groups is 1. The average molecular weight is 434 g/mol. The van der Waals surface area contributed by atoms with Gasteiger partial charge in [-0.15, -0.1) is 0 Å². The van der Waals surface area contributed by atoms with Gasteiger partial charge >= 0.3 is 0 Å². The van der Waals surface area contributed by atoms with Crippen LogP contribution in [0, 0.1) is 0 Å². The summed E-state index contributed by atoms with van der Waals surface area (Å²) in [5.74, 6) is 0.0194. The monoisotopic (exact) mass is 433 g/mol. The van der Waals surface area contributed by atoms with Crippen molar-refractivity contribution in [1.29, 1.82) is 0 Å². The molecule has 0 bridgehead atoms. The largest absolute Gasteiger partial charge is 0.338 e. The maximum atomic E-state index is 12.9. The zero-order valence-corrected chi connectivity index (χ0v) is 17.9. The molecule has 150 valence electrons. The maximum absolute atomic E-state index is 12.9. The van der Waals surface area contributed by atoms with Gasteiger partial charge in [-0.05, 0) is 26.0 Å². The van der Waals surface area contributed by atoms with Crippen LogP contribution in [0.5, 0.6) is 0 Å². The minimum atomic E-state index is -3.78. The van der Waals surface area contributed by atoms with Gasteiger partial charge in [0.25, 0.3) is 0 Å². The van der Waals surface area contributed by atoms with E-state index in [1.807, 2.05) is 18.7 Å². The topological polar surface area (TPSA) is 60.9 Å². The predicted molar refractivity (Wildman–Crippen MR) is 109 cm³/mol. The fourth-order valence-electron chi connectivity index (χ4n) is 2.98. The van der Waals surface area contributed by atoms with Crippen molar-refractivity contribution in [1.82, 2.24) is 14.1 Å². The van der Waals surface area contributed by atoms with Crippen LogP contribution in [0.3, 0.4) is 0 Å². The van der Waals surface area contributed by atoms with Crippen LogP contribution in [0.1, 0.15) is 13.8 Å². The van der Waals surface area contributed by atoms with Crippen LogP contribution in [0.2, 0.25) is 10.0 Å². The fraction of sp³-hybridized carbons (Fsp3) is 0.500. The SMILES string of the molecule is C=C(C)CN(CC)C(=O)CN1CCN(S(=O)(=O)c2c(Cl)cccc2Cl)CC1. The van der Waals surface area contributed by atoms with Gasteiger partial charge in [0.15, 0.2) is 0 Å². The van der Waals surface area contributed by atoms with E-state index in [0.29, 0.717) is 26.2 Å². The number of amides is 1. The van der Waals surface area contributed by atoms with E-state index >= 15 is 0 Å². The molecule has 27 heavy (non-hydrogen) atoms. The van der Waals surface area contributed by atoms with Gasteiger partial charge in [-0.2, -0.15) is 4.31 Å². The van der Waals surface area contributed by atoms with Crippen LogP contribution < -0.4 is 0 Å². The molecular formula is C18H25Cl2N3O3S. The number of carbonyl (C=O) groups excluding carboxylic acids is 1. The lowest BCUT2D eigenvalue weighted by Gasteiger charge is -2.34. The van der Waals surface area contributed by atoms with Crippen LogP contribution in [0.15, 0.2) is 35.2 Å². The van der Waals surface area contributed by atoms with E-state index in [0.717, 1.165) is 5.57 Å². The van der Waals surface area contributed by atoms with E-state index < -0.39 is 10.0 Å². The molecule has 0 N–H and O–H groups in total. The number of halogens is 2. The zero-order chi connectivity index (χ0) is 20.2. The lowest BCUT2D eigenvalue weighted by atomic mass is 10.3. The Bertz CT molecular complexity index is 786. The molecule has 0 unspecified atom stereocenters. The van der Waals surface area contributed by atoms with Crippen molar-refractivity contribution in [3.63, 3.8) is 0 Å².